The average molecular weight is 385 g/mol. The Kier molecular flexibility index (Phi) is 5.35. The van der Waals surface area contributed by atoms with E-state index in [1.54, 1.807) is 36.5 Å². The molecule has 0 amide bonds. The maximum Gasteiger partial charge on any atom is 0.255 e. The smallest absolute Gasteiger partial charge is 0.255 e. The summed E-state index contributed by atoms with van der Waals surface area (Å²) >= 11 is 0. The van der Waals surface area contributed by atoms with E-state index in [1.807, 2.05) is 13.0 Å². The number of pyridine rings is 1. The summed E-state index contributed by atoms with van der Waals surface area (Å²) in [5.74, 6) is 0.494. The molecule has 0 bridgehead atoms. The summed E-state index contributed by atoms with van der Waals surface area (Å²) in [6, 6.07) is 10.5. The number of nitrogens with two attached hydrogens (primary N) is 1. The Bertz CT molecular complexity index is 1070. The molecule has 4 rings (SSSR count). The number of ether oxygens (including phenoxy) is 1. The second-order valence-electron chi connectivity index (χ2n) is 6.65. The van der Waals surface area contributed by atoms with Crippen molar-refractivity contribution in [2.45, 2.75) is 25.8 Å². The highest BCUT2D eigenvalue weighted by Crippen LogP contribution is 2.36. The molecule has 3 aromatic rings. The first kappa shape index (κ1) is 19.1. The van der Waals surface area contributed by atoms with Crippen LogP contribution in [0.15, 0.2) is 47.4 Å². The van der Waals surface area contributed by atoms with Gasteiger partial charge in [0.15, 0.2) is 5.78 Å². The minimum absolute atomic E-state index is 0. The highest BCUT2D eigenvalue weighted by molar-refractivity contribution is 6.17. The normalized spacial score (nSPS) is 14.0. The van der Waals surface area contributed by atoms with Crippen LogP contribution in [-0.4, -0.2) is 17.4 Å². The summed E-state index contributed by atoms with van der Waals surface area (Å²) in [5.41, 5.74) is 8.95. The summed E-state index contributed by atoms with van der Waals surface area (Å²) in [6.07, 6.45) is 3.32. The summed E-state index contributed by atoms with van der Waals surface area (Å²) in [6.45, 7) is 2.52. The van der Waals surface area contributed by atoms with E-state index in [4.69, 9.17) is 10.5 Å². The largest absolute Gasteiger partial charge is 0.493 e. The highest BCUT2D eigenvalue weighted by Gasteiger charge is 2.25. The van der Waals surface area contributed by atoms with Gasteiger partial charge in [0, 0.05) is 23.2 Å². The maximum atomic E-state index is 13.3. The van der Waals surface area contributed by atoms with Crippen molar-refractivity contribution in [1.29, 1.82) is 0 Å². The number of nitrogens with one attached hydrogen (secondary N) is 1. The summed E-state index contributed by atoms with van der Waals surface area (Å²) in [7, 11) is 0. The summed E-state index contributed by atoms with van der Waals surface area (Å²) < 4.78 is 5.88. The molecule has 2 aromatic carbocycles. The molecule has 5 nitrogen and oxygen atoms in total. The third-order valence-corrected chi connectivity index (χ3v) is 4.91. The van der Waals surface area contributed by atoms with Gasteiger partial charge in [-0.25, -0.2) is 0 Å². The number of fused-ring (bicyclic) bond motifs is 2. The fourth-order valence-corrected chi connectivity index (χ4v) is 3.66. The van der Waals surface area contributed by atoms with Crippen molar-refractivity contribution in [2.75, 3.05) is 6.61 Å². The molecule has 6 heteroatoms. The Morgan fingerprint density at radius 2 is 1.96 bits per heavy atom. The lowest BCUT2D eigenvalue weighted by molar-refractivity contribution is 0.103. The van der Waals surface area contributed by atoms with Crippen LogP contribution in [0, 0.1) is 0 Å². The number of carbonyl (C=O) groups excluding carboxylic acids is 1. The Labute approximate surface area is 163 Å². The number of benzene rings is 2. The number of carbonyl (C=O) groups is 1. The van der Waals surface area contributed by atoms with E-state index in [-0.39, 0.29) is 29.8 Å². The number of halogens is 1. The van der Waals surface area contributed by atoms with Crippen LogP contribution in [0.1, 0.15) is 46.4 Å². The highest BCUT2D eigenvalue weighted by atomic mass is 35.5. The van der Waals surface area contributed by atoms with Gasteiger partial charge in [0.1, 0.15) is 5.75 Å². The van der Waals surface area contributed by atoms with Crippen molar-refractivity contribution >= 4 is 29.0 Å². The lowest BCUT2D eigenvalue weighted by Crippen LogP contribution is -2.18. The van der Waals surface area contributed by atoms with Crippen LogP contribution >= 0.6 is 12.4 Å². The molecule has 27 heavy (non-hydrogen) atoms. The zero-order valence-electron chi connectivity index (χ0n) is 15.0. The van der Waals surface area contributed by atoms with Gasteiger partial charge >= 0.3 is 0 Å². The van der Waals surface area contributed by atoms with Gasteiger partial charge in [-0.1, -0.05) is 18.2 Å². The van der Waals surface area contributed by atoms with E-state index in [9.17, 15) is 9.59 Å². The molecule has 1 aliphatic rings. The molecule has 0 unspecified atom stereocenters. The monoisotopic (exact) mass is 384 g/mol. The van der Waals surface area contributed by atoms with Crippen LogP contribution in [0.5, 0.6) is 5.75 Å². The van der Waals surface area contributed by atoms with E-state index in [1.165, 1.54) is 0 Å². The van der Waals surface area contributed by atoms with Gasteiger partial charge in [0.25, 0.3) is 5.56 Å². The fourth-order valence-electron chi connectivity index (χ4n) is 3.66. The molecule has 1 atom stereocenters. The molecule has 0 radical (unpaired) electrons. The Balaban J connectivity index is 0.00000210. The average Bonchev–Trinajstić information content (AvgIpc) is 2.66. The predicted molar refractivity (Wildman–Crippen MR) is 108 cm³/mol. The number of aromatic nitrogens is 1. The zero-order chi connectivity index (χ0) is 18.3. The van der Waals surface area contributed by atoms with Crippen LogP contribution in [0.4, 0.5) is 0 Å². The first-order chi connectivity index (χ1) is 12.6. The summed E-state index contributed by atoms with van der Waals surface area (Å²) in [5, 5.41) is 1.14. The molecular weight excluding hydrogens is 364 g/mol. The quantitative estimate of drug-likeness (QED) is 0.676. The van der Waals surface area contributed by atoms with E-state index in [0.29, 0.717) is 34.3 Å². The molecule has 1 aromatic heterocycles. The number of H-pyrrole nitrogens is 1. The molecule has 1 aliphatic heterocycles. The Morgan fingerprint density at radius 1 is 1.15 bits per heavy atom. The second kappa shape index (κ2) is 7.55. The van der Waals surface area contributed by atoms with E-state index >= 15 is 0 Å². The van der Waals surface area contributed by atoms with Gasteiger partial charge in [0.05, 0.1) is 12.2 Å². The molecule has 0 saturated carbocycles. The minimum Gasteiger partial charge on any atom is -0.493 e. The van der Waals surface area contributed by atoms with Crippen molar-refractivity contribution in [2.24, 2.45) is 5.73 Å². The van der Waals surface area contributed by atoms with Crippen LogP contribution in [0.2, 0.25) is 0 Å². The second-order valence-corrected chi connectivity index (χ2v) is 6.65. The predicted octanol–water partition coefficient (Wildman–Crippen LogP) is 3.53. The Morgan fingerprint density at radius 3 is 2.74 bits per heavy atom. The molecule has 3 N–H and O–H groups in total. The van der Waals surface area contributed by atoms with Crippen molar-refractivity contribution in [3.63, 3.8) is 0 Å². The third-order valence-electron chi connectivity index (χ3n) is 4.91. The maximum absolute atomic E-state index is 13.3. The molecule has 2 heterocycles. The van der Waals surface area contributed by atoms with Crippen LogP contribution in [0.25, 0.3) is 10.8 Å². The Hall–Kier alpha value is -2.63. The molecule has 0 spiro atoms. The number of aromatic amines is 1. The van der Waals surface area contributed by atoms with E-state index in [2.05, 4.69) is 4.98 Å². The van der Waals surface area contributed by atoms with Gasteiger partial charge in [-0.15, -0.1) is 12.4 Å². The number of rotatable bonds is 3. The van der Waals surface area contributed by atoms with E-state index in [0.717, 1.165) is 24.0 Å². The van der Waals surface area contributed by atoms with Gasteiger partial charge in [-0.3, -0.25) is 9.59 Å². The van der Waals surface area contributed by atoms with Crippen LogP contribution in [-0.2, 0) is 6.42 Å². The minimum atomic E-state index is -0.206. The molecule has 0 aliphatic carbocycles. The fraction of sp³-hybridized carbons (Fsp3) is 0.238. The van der Waals surface area contributed by atoms with Crippen LogP contribution in [0.3, 0.4) is 0 Å². The molecular formula is C21H21ClN2O3. The van der Waals surface area contributed by atoms with Crippen molar-refractivity contribution in [3.8, 4) is 5.75 Å². The SMILES string of the molecule is C[C@@H](N)c1ccc(C(=O)c2cccc3c(=O)[nH]ccc23)c2c1CCCO2.Cl. The number of hydrogen-bond acceptors (Lipinski definition) is 4. The van der Waals surface area contributed by atoms with Gasteiger partial charge in [0.2, 0.25) is 0 Å². The molecule has 0 saturated heterocycles. The lowest BCUT2D eigenvalue weighted by Gasteiger charge is -2.24. The van der Waals surface area contributed by atoms with Gasteiger partial charge in [-0.2, -0.15) is 0 Å². The van der Waals surface area contributed by atoms with Gasteiger partial charge < -0.3 is 15.5 Å². The standard InChI is InChI=1S/C21H20N2O3.ClH/c1-12(22)13-7-8-18(20-16(13)6-3-11-26-20)19(24)15-4-2-5-17-14(15)9-10-23-21(17)25;/h2,4-5,7-10,12H,3,6,11,22H2,1H3,(H,23,25);1H/t12-;/m1./s1. The zero-order valence-corrected chi connectivity index (χ0v) is 15.8. The molecule has 0 fully saturated rings. The van der Waals surface area contributed by atoms with Crippen molar-refractivity contribution in [1.82, 2.24) is 4.98 Å². The first-order valence-electron chi connectivity index (χ1n) is 8.77. The molecule has 140 valence electrons. The number of ketones is 1. The number of hydrogen-bond donors (Lipinski definition) is 2. The van der Waals surface area contributed by atoms with Crippen LogP contribution < -0.4 is 16.0 Å². The summed E-state index contributed by atoms with van der Waals surface area (Å²) in [4.78, 5) is 28.0. The lowest BCUT2D eigenvalue weighted by atomic mass is 9.90. The van der Waals surface area contributed by atoms with E-state index < -0.39 is 0 Å². The topological polar surface area (TPSA) is 85.2 Å². The van der Waals surface area contributed by atoms with Gasteiger partial charge in [-0.05, 0) is 54.5 Å². The third kappa shape index (κ3) is 3.24. The van der Waals surface area contributed by atoms with Crippen molar-refractivity contribution in [3.05, 3.63) is 75.2 Å². The first-order valence-corrected chi connectivity index (χ1v) is 8.77. The van der Waals surface area contributed by atoms with Crippen molar-refractivity contribution < 1.29 is 9.53 Å².